The van der Waals surface area contributed by atoms with Gasteiger partial charge in [-0.1, -0.05) is 26.7 Å². The molecule has 82 valence electrons. The molecule has 1 aliphatic rings. The fourth-order valence-corrected chi connectivity index (χ4v) is 1.63. The number of rotatable bonds is 5. The van der Waals surface area contributed by atoms with Gasteiger partial charge >= 0.3 is 0 Å². The second kappa shape index (κ2) is 6.02. The maximum absolute atomic E-state index is 11.3. The number of carbonyl (C=O) groups excluding carboxylic acids is 1. The van der Waals surface area contributed by atoms with Gasteiger partial charge in [-0.25, -0.2) is 5.48 Å². The Balaban J connectivity index is 2.02. The topological polar surface area (TPSA) is 38.3 Å². The monoisotopic (exact) mass is 199 g/mol. The van der Waals surface area contributed by atoms with Crippen molar-refractivity contribution in [2.24, 2.45) is 5.92 Å². The van der Waals surface area contributed by atoms with Crippen LogP contribution in [-0.4, -0.2) is 12.0 Å². The van der Waals surface area contributed by atoms with Crippen LogP contribution in [0.15, 0.2) is 0 Å². The van der Waals surface area contributed by atoms with Crippen LogP contribution in [0.5, 0.6) is 0 Å². The lowest BCUT2D eigenvalue weighted by Crippen LogP contribution is -2.28. The molecule has 0 heterocycles. The van der Waals surface area contributed by atoms with Crippen LogP contribution in [0.25, 0.3) is 0 Å². The van der Waals surface area contributed by atoms with Crippen LogP contribution in [0.1, 0.15) is 52.4 Å². The molecule has 1 N–H and O–H groups in total. The minimum absolute atomic E-state index is 0.0191. The number of hydroxylamine groups is 1. The maximum atomic E-state index is 11.3. The van der Waals surface area contributed by atoms with Crippen LogP contribution in [0.4, 0.5) is 0 Å². The third kappa shape index (κ3) is 4.61. The van der Waals surface area contributed by atoms with E-state index in [1.165, 1.54) is 12.8 Å². The summed E-state index contributed by atoms with van der Waals surface area (Å²) in [6, 6.07) is 0. The first kappa shape index (κ1) is 11.5. The lowest BCUT2D eigenvalue weighted by atomic mass is 10.1. The van der Waals surface area contributed by atoms with Gasteiger partial charge in [-0.15, -0.1) is 0 Å². The van der Waals surface area contributed by atoms with Crippen LogP contribution in [0.2, 0.25) is 0 Å². The number of amides is 1. The second-order valence-electron chi connectivity index (χ2n) is 4.48. The zero-order valence-electron chi connectivity index (χ0n) is 9.21. The van der Waals surface area contributed by atoms with Crippen LogP contribution in [0.3, 0.4) is 0 Å². The normalized spacial score (nSPS) is 17.6. The SMILES string of the molecule is CC(C)CCC(=O)NOC1CCCC1. The van der Waals surface area contributed by atoms with E-state index in [2.05, 4.69) is 19.3 Å². The minimum atomic E-state index is 0.0191. The van der Waals surface area contributed by atoms with E-state index in [0.29, 0.717) is 12.3 Å². The molecule has 3 nitrogen and oxygen atoms in total. The number of nitrogens with one attached hydrogen (secondary N) is 1. The van der Waals surface area contributed by atoms with Crippen LogP contribution >= 0.6 is 0 Å². The van der Waals surface area contributed by atoms with Crippen molar-refractivity contribution in [3.8, 4) is 0 Å². The maximum Gasteiger partial charge on any atom is 0.243 e. The molecular formula is C11H21NO2. The molecule has 0 atom stereocenters. The summed E-state index contributed by atoms with van der Waals surface area (Å²) in [5, 5.41) is 0. The summed E-state index contributed by atoms with van der Waals surface area (Å²) < 4.78 is 0. The van der Waals surface area contributed by atoms with Gasteiger partial charge in [0.2, 0.25) is 5.91 Å². The Bertz CT molecular complexity index is 174. The molecule has 1 rings (SSSR count). The average Bonchev–Trinajstić information content (AvgIpc) is 2.63. The Morgan fingerprint density at radius 2 is 2.07 bits per heavy atom. The van der Waals surface area contributed by atoms with Crippen molar-refractivity contribution in [1.82, 2.24) is 5.48 Å². The summed E-state index contributed by atoms with van der Waals surface area (Å²) in [7, 11) is 0. The summed E-state index contributed by atoms with van der Waals surface area (Å²) in [5.74, 6) is 0.595. The van der Waals surface area contributed by atoms with Crippen LogP contribution < -0.4 is 5.48 Å². The van der Waals surface area contributed by atoms with Crippen molar-refractivity contribution in [1.29, 1.82) is 0 Å². The van der Waals surface area contributed by atoms with Crippen molar-refractivity contribution in [3.05, 3.63) is 0 Å². The Kier molecular flexibility index (Phi) is 4.94. The van der Waals surface area contributed by atoms with Crippen LogP contribution in [0, 0.1) is 5.92 Å². The Hall–Kier alpha value is -0.570. The lowest BCUT2D eigenvalue weighted by Gasteiger charge is -2.11. The fourth-order valence-electron chi connectivity index (χ4n) is 1.63. The average molecular weight is 199 g/mol. The molecule has 0 aromatic rings. The molecule has 0 aromatic heterocycles. The summed E-state index contributed by atoms with van der Waals surface area (Å²) >= 11 is 0. The number of carbonyl (C=O) groups is 1. The Morgan fingerprint density at radius 3 is 2.64 bits per heavy atom. The van der Waals surface area contributed by atoms with Gasteiger partial charge in [0.15, 0.2) is 0 Å². The molecule has 0 aromatic carbocycles. The van der Waals surface area contributed by atoms with E-state index in [1.54, 1.807) is 0 Å². The molecule has 0 radical (unpaired) electrons. The largest absolute Gasteiger partial charge is 0.273 e. The quantitative estimate of drug-likeness (QED) is 0.690. The van der Waals surface area contributed by atoms with Gasteiger partial charge in [0.05, 0.1) is 6.10 Å². The molecule has 3 heteroatoms. The zero-order valence-corrected chi connectivity index (χ0v) is 9.21. The molecule has 0 aliphatic heterocycles. The third-order valence-electron chi connectivity index (χ3n) is 2.59. The van der Waals surface area contributed by atoms with E-state index in [1.807, 2.05) is 0 Å². The highest BCUT2D eigenvalue weighted by Gasteiger charge is 2.16. The van der Waals surface area contributed by atoms with Crippen molar-refractivity contribution < 1.29 is 9.63 Å². The highest BCUT2D eigenvalue weighted by molar-refractivity contribution is 5.74. The Morgan fingerprint density at radius 1 is 1.43 bits per heavy atom. The molecule has 1 fully saturated rings. The molecular weight excluding hydrogens is 178 g/mol. The number of hydrogen-bond acceptors (Lipinski definition) is 2. The van der Waals surface area contributed by atoms with Crippen molar-refractivity contribution in [2.45, 2.75) is 58.5 Å². The summed E-state index contributed by atoms with van der Waals surface area (Å²) in [6.45, 7) is 4.23. The fraction of sp³-hybridized carbons (Fsp3) is 0.909. The highest BCUT2D eigenvalue weighted by atomic mass is 16.7. The molecule has 0 unspecified atom stereocenters. The van der Waals surface area contributed by atoms with Crippen molar-refractivity contribution >= 4 is 5.91 Å². The van der Waals surface area contributed by atoms with Gasteiger partial charge < -0.3 is 0 Å². The van der Waals surface area contributed by atoms with Gasteiger partial charge in [-0.2, -0.15) is 0 Å². The molecule has 1 aliphatic carbocycles. The smallest absolute Gasteiger partial charge is 0.243 e. The van der Waals surface area contributed by atoms with Gasteiger partial charge in [-0.3, -0.25) is 9.63 Å². The van der Waals surface area contributed by atoms with Crippen molar-refractivity contribution in [2.75, 3.05) is 0 Å². The number of hydrogen-bond donors (Lipinski definition) is 1. The highest BCUT2D eigenvalue weighted by Crippen LogP contribution is 2.19. The predicted molar refractivity (Wildman–Crippen MR) is 55.6 cm³/mol. The second-order valence-corrected chi connectivity index (χ2v) is 4.48. The first-order valence-electron chi connectivity index (χ1n) is 5.63. The zero-order chi connectivity index (χ0) is 10.4. The molecule has 0 bridgehead atoms. The molecule has 1 amide bonds. The predicted octanol–water partition coefficient (Wildman–Crippen LogP) is 2.41. The summed E-state index contributed by atoms with van der Waals surface area (Å²) in [4.78, 5) is 16.6. The standard InChI is InChI=1S/C11H21NO2/c1-9(2)7-8-11(13)12-14-10-5-3-4-6-10/h9-10H,3-8H2,1-2H3,(H,12,13). The molecule has 0 saturated heterocycles. The van der Waals surface area contributed by atoms with Gasteiger partial charge in [0.1, 0.15) is 0 Å². The molecule has 0 spiro atoms. The van der Waals surface area contributed by atoms with E-state index < -0.39 is 0 Å². The van der Waals surface area contributed by atoms with Gasteiger partial charge in [0, 0.05) is 6.42 Å². The van der Waals surface area contributed by atoms with Gasteiger partial charge in [-0.05, 0) is 25.2 Å². The van der Waals surface area contributed by atoms with Crippen LogP contribution in [-0.2, 0) is 9.63 Å². The lowest BCUT2D eigenvalue weighted by molar-refractivity contribution is -0.138. The third-order valence-corrected chi connectivity index (χ3v) is 2.59. The van der Waals surface area contributed by atoms with E-state index in [0.717, 1.165) is 19.3 Å². The Labute approximate surface area is 86.2 Å². The first-order chi connectivity index (χ1) is 6.68. The summed E-state index contributed by atoms with van der Waals surface area (Å²) in [6.07, 6.45) is 6.40. The van der Waals surface area contributed by atoms with E-state index in [9.17, 15) is 4.79 Å². The van der Waals surface area contributed by atoms with Crippen molar-refractivity contribution in [3.63, 3.8) is 0 Å². The molecule has 14 heavy (non-hydrogen) atoms. The minimum Gasteiger partial charge on any atom is -0.273 e. The summed E-state index contributed by atoms with van der Waals surface area (Å²) in [5.41, 5.74) is 2.54. The van der Waals surface area contributed by atoms with E-state index in [4.69, 9.17) is 4.84 Å². The van der Waals surface area contributed by atoms with Gasteiger partial charge in [0.25, 0.3) is 0 Å². The molecule has 1 saturated carbocycles. The van der Waals surface area contributed by atoms with E-state index >= 15 is 0 Å². The first-order valence-corrected chi connectivity index (χ1v) is 5.63. The van der Waals surface area contributed by atoms with E-state index in [-0.39, 0.29) is 12.0 Å².